The lowest BCUT2D eigenvalue weighted by Crippen LogP contribution is -2.38. The predicted octanol–water partition coefficient (Wildman–Crippen LogP) is 0.172. The molecule has 2 unspecified atom stereocenters. The average molecular weight is 268 g/mol. The Labute approximate surface area is 105 Å². The van der Waals surface area contributed by atoms with E-state index in [4.69, 9.17) is 5.11 Å². The van der Waals surface area contributed by atoms with E-state index in [1.54, 1.807) is 20.8 Å². The molecule has 0 radical (unpaired) electrons. The summed E-state index contributed by atoms with van der Waals surface area (Å²) in [6, 6.07) is 0. The van der Waals surface area contributed by atoms with Gasteiger partial charge in [0.2, 0.25) is 0 Å². The van der Waals surface area contributed by atoms with Crippen LogP contribution in [0.2, 0.25) is 0 Å². The molecule has 0 saturated carbocycles. The standard InChI is InChI=1S/2C5H10O2S/c1-4(5(6)7)8(2)3;1-3-5(2,8)4(6)7/h4H,1-3H3;8H,3H2,1-2H3,(H,6,7). The number of carboxylic acids is 2. The molecule has 0 aromatic carbocycles. The summed E-state index contributed by atoms with van der Waals surface area (Å²) in [4.78, 5) is 20.2. The van der Waals surface area contributed by atoms with Gasteiger partial charge >= 0.3 is 5.97 Å². The lowest BCUT2D eigenvalue weighted by atomic mass is 10.1. The summed E-state index contributed by atoms with van der Waals surface area (Å²) in [5.74, 6) is -1.80. The second-order valence-corrected chi connectivity index (χ2v) is 7.23. The number of carbonyl (C=O) groups is 2. The first-order valence-electron chi connectivity index (χ1n) is 4.79. The molecule has 0 aromatic heterocycles. The number of thiol groups is 1. The summed E-state index contributed by atoms with van der Waals surface area (Å²) in [5.41, 5.74) is 0. The molecule has 0 aliphatic heterocycles. The molecule has 0 rings (SSSR count). The largest absolute Gasteiger partial charge is 0.545 e. The van der Waals surface area contributed by atoms with E-state index in [9.17, 15) is 14.7 Å². The van der Waals surface area contributed by atoms with Gasteiger partial charge in [-0.2, -0.15) is 12.6 Å². The average Bonchev–Trinajstić information content (AvgIpc) is 2.17. The van der Waals surface area contributed by atoms with Crippen LogP contribution in [0.3, 0.4) is 0 Å². The van der Waals surface area contributed by atoms with E-state index in [1.165, 1.54) is 0 Å². The van der Waals surface area contributed by atoms with Crippen LogP contribution in [0.4, 0.5) is 0 Å². The minimum absolute atomic E-state index is 0.0525. The third-order valence-corrected chi connectivity index (χ3v) is 4.30. The molecular formula is C10H20O4S2. The number of carboxylic acid groups (broad SMARTS) is 2. The molecule has 96 valence electrons. The van der Waals surface area contributed by atoms with Crippen molar-refractivity contribution in [1.29, 1.82) is 0 Å². The number of hydrogen-bond acceptors (Lipinski definition) is 4. The van der Waals surface area contributed by atoms with Crippen molar-refractivity contribution in [2.75, 3.05) is 12.5 Å². The fourth-order valence-electron chi connectivity index (χ4n) is 0.344. The van der Waals surface area contributed by atoms with Gasteiger partial charge in [0.1, 0.15) is 4.75 Å². The highest BCUT2D eigenvalue weighted by Crippen LogP contribution is 2.16. The van der Waals surface area contributed by atoms with Gasteiger partial charge in [0.15, 0.2) is 5.25 Å². The fourth-order valence-corrected chi connectivity index (χ4v) is 0.729. The first-order chi connectivity index (χ1) is 7.06. The van der Waals surface area contributed by atoms with Crippen molar-refractivity contribution in [2.24, 2.45) is 0 Å². The van der Waals surface area contributed by atoms with Gasteiger partial charge < -0.3 is 15.0 Å². The minimum atomic E-state index is -0.946. The van der Waals surface area contributed by atoms with Crippen molar-refractivity contribution in [3.05, 3.63) is 0 Å². The lowest BCUT2D eigenvalue weighted by molar-refractivity contribution is -0.304. The molecule has 0 amide bonds. The summed E-state index contributed by atoms with van der Waals surface area (Å²) >= 11 is 3.88. The Balaban J connectivity index is 0. The number of hydrogen-bond donors (Lipinski definition) is 2. The van der Waals surface area contributed by atoms with Crippen LogP contribution in [0.5, 0.6) is 0 Å². The summed E-state index contributed by atoms with van der Waals surface area (Å²) in [6.45, 7) is 5.04. The summed E-state index contributed by atoms with van der Waals surface area (Å²) in [6.07, 6.45) is 4.33. The van der Waals surface area contributed by atoms with Crippen LogP contribution in [0.25, 0.3) is 0 Å². The number of carbonyl (C=O) groups excluding carboxylic acids is 1. The third-order valence-electron chi connectivity index (χ3n) is 2.19. The summed E-state index contributed by atoms with van der Waals surface area (Å²) < 4.78 is -0.847. The van der Waals surface area contributed by atoms with Crippen LogP contribution in [0.1, 0.15) is 27.2 Å². The molecule has 0 fully saturated rings. The highest BCUT2D eigenvalue weighted by atomic mass is 32.2. The Kier molecular flexibility index (Phi) is 8.83. The molecule has 0 bridgehead atoms. The zero-order valence-electron chi connectivity index (χ0n) is 10.3. The molecule has 16 heavy (non-hydrogen) atoms. The molecule has 4 nitrogen and oxygen atoms in total. The Morgan fingerprint density at radius 1 is 1.50 bits per heavy atom. The van der Waals surface area contributed by atoms with Gasteiger partial charge in [-0.15, -0.1) is 0 Å². The maximum Gasteiger partial charge on any atom is 0.319 e. The molecule has 0 saturated heterocycles. The van der Waals surface area contributed by atoms with E-state index in [-0.39, 0.29) is 16.1 Å². The number of rotatable bonds is 4. The van der Waals surface area contributed by atoms with Gasteiger partial charge in [-0.3, -0.25) is 4.79 Å². The van der Waals surface area contributed by atoms with E-state index >= 15 is 0 Å². The van der Waals surface area contributed by atoms with E-state index in [2.05, 4.69) is 12.6 Å². The van der Waals surface area contributed by atoms with Crippen LogP contribution >= 0.6 is 12.6 Å². The zero-order valence-corrected chi connectivity index (χ0v) is 12.0. The molecule has 6 heteroatoms. The Hall–Kier alpha value is -0.360. The van der Waals surface area contributed by atoms with Crippen LogP contribution < -0.4 is 5.11 Å². The van der Waals surface area contributed by atoms with Crippen LogP contribution in [-0.2, 0) is 20.5 Å². The van der Waals surface area contributed by atoms with Crippen molar-refractivity contribution in [1.82, 2.24) is 0 Å². The Bertz CT molecular complexity index is 239. The fraction of sp³-hybridized carbons (Fsp3) is 0.800. The van der Waals surface area contributed by atoms with Gasteiger partial charge in [-0.1, -0.05) is 6.92 Å². The summed E-state index contributed by atoms with van der Waals surface area (Å²) in [7, 11) is -0.0525. The van der Waals surface area contributed by atoms with Crippen LogP contribution in [0.15, 0.2) is 0 Å². The van der Waals surface area contributed by atoms with Crippen molar-refractivity contribution < 1.29 is 19.8 Å². The van der Waals surface area contributed by atoms with Gasteiger partial charge in [0, 0.05) is 0 Å². The third kappa shape index (κ3) is 7.87. The molecule has 1 N–H and O–H groups in total. The number of aliphatic carboxylic acids is 2. The SMILES string of the molecule is CC(C(=O)[O-])[S+](C)C.CCC(C)(S)C(=O)O. The van der Waals surface area contributed by atoms with Crippen LogP contribution in [-0.4, -0.2) is 39.6 Å². The monoisotopic (exact) mass is 268 g/mol. The van der Waals surface area contributed by atoms with Crippen molar-refractivity contribution in [2.45, 2.75) is 37.2 Å². The maximum atomic E-state index is 10.2. The van der Waals surface area contributed by atoms with Crippen molar-refractivity contribution in [3.63, 3.8) is 0 Å². The first kappa shape index (κ1) is 18.0. The van der Waals surface area contributed by atoms with Crippen molar-refractivity contribution in [3.8, 4) is 0 Å². The predicted molar refractivity (Wildman–Crippen MR) is 69.0 cm³/mol. The molecular weight excluding hydrogens is 248 g/mol. The molecule has 2 atom stereocenters. The highest BCUT2D eigenvalue weighted by molar-refractivity contribution is 7.96. The quantitative estimate of drug-likeness (QED) is 0.563. The van der Waals surface area contributed by atoms with E-state index in [1.807, 2.05) is 12.5 Å². The van der Waals surface area contributed by atoms with Crippen molar-refractivity contribution >= 4 is 35.5 Å². The zero-order chi connectivity index (χ0) is 13.5. The molecule has 0 aromatic rings. The Morgan fingerprint density at radius 2 is 1.88 bits per heavy atom. The maximum absolute atomic E-state index is 10.2. The molecule has 0 aliphatic rings. The summed E-state index contributed by atoms with van der Waals surface area (Å²) in [5, 5.41) is 18.1. The van der Waals surface area contributed by atoms with Gasteiger partial charge in [0.25, 0.3) is 0 Å². The van der Waals surface area contributed by atoms with E-state index in [0.29, 0.717) is 6.42 Å². The van der Waals surface area contributed by atoms with Gasteiger partial charge in [-0.25, -0.2) is 0 Å². The second kappa shape index (κ2) is 7.84. The molecule has 0 spiro atoms. The normalized spacial score (nSPS) is 15.7. The molecule has 0 aliphatic carbocycles. The smallest absolute Gasteiger partial charge is 0.319 e. The van der Waals surface area contributed by atoms with Gasteiger partial charge in [-0.05, 0) is 31.2 Å². The first-order valence-corrected chi connectivity index (χ1v) is 7.34. The van der Waals surface area contributed by atoms with E-state index < -0.39 is 16.7 Å². The highest BCUT2D eigenvalue weighted by Gasteiger charge is 2.25. The van der Waals surface area contributed by atoms with Gasteiger partial charge in [0.05, 0.1) is 18.5 Å². The second-order valence-electron chi connectivity index (χ2n) is 3.77. The topological polar surface area (TPSA) is 77.4 Å². The molecule has 0 heterocycles. The Morgan fingerprint density at radius 3 is 1.88 bits per heavy atom. The van der Waals surface area contributed by atoms with Crippen LogP contribution in [0, 0.1) is 0 Å². The van der Waals surface area contributed by atoms with E-state index in [0.717, 1.165) is 0 Å². The lowest BCUT2D eigenvalue weighted by Gasteiger charge is -2.13. The minimum Gasteiger partial charge on any atom is -0.545 e.